The molecule has 2 aromatic rings. The first-order valence-corrected chi connectivity index (χ1v) is 8.45. The molecule has 0 spiro atoms. The molecular formula is C20H19NO5. The summed E-state index contributed by atoms with van der Waals surface area (Å²) in [6.45, 7) is 0.625. The van der Waals surface area contributed by atoms with Gasteiger partial charge in [0.05, 0.1) is 13.7 Å². The Balaban J connectivity index is 1.70. The van der Waals surface area contributed by atoms with E-state index < -0.39 is 24.0 Å². The van der Waals surface area contributed by atoms with Crippen LogP contribution in [0.5, 0.6) is 0 Å². The van der Waals surface area contributed by atoms with Crippen molar-refractivity contribution < 1.29 is 23.8 Å². The molecule has 2 aliphatic heterocycles. The van der Waals surface area contributed by atoms with Crippen LogP contribution in [0, 0.1) is 0 Å². The number of ether oxygens (including phenoxy) is 3. The molecule has 6 nitrogen and oxygen atoms in total. The number of morpholine rings is 1. The zero-order valence-corrected chi connectivity index (χ0v) is 14.3. The van der Waals surface area contributed by atoms with Gasteiger partial charge in [0.15, 0.2) is 12.2 Å². The summed E-state index contributed by atoms with van der Waals surface area (Å²) in [6, 6.07) is 19.1. The standard InChI is InChI=1S/C20H19NO5/c1-24-19(23)17-16-18(22)21(12-14-8-4-2-5-9-14)13-20(25-16,26-17)15-10-6-3-7-11-15/h2-11,16-17H,12-13H2,1H3/t16-,17+,20-/m0/s1. The maximum Gasteiger partial charge on any atom is 0.338 e. The first-order chi connectivity index (χ1) is 12.6. The van der Waals surface area contributed by atoms with Crippen LogP contribution >= 0.6 is 0 Å². The highest BCUT2D eigenvalue weighted by Gasteiger charge is 2.60. The van der Waals surface area contributed by atoms with Crippen LogP contribution in [-0.4, -0.2) is 42.6 Å². The molecule has 2 saturated heterocycles. The normalized spacial score (nSPS) is 27.4. The van der Waals surface area contributed by atoms with Crippen LogP contribution < -0.4 is 0 Å². The van der Waals surface area contributed by atoms with E-state index in [9.17, 15) is 9.59 Å². The molecule has 6 heteroatoms. The van der Waals surface area contributed by atoms with Crippen LogP contribution in [0.2, 0.25) is 0 Å². The molecule has 4 rings (SSSR count). The van der Waals surface area contributed by atoms with Crippen molar-refractivity contribution in [2.45, 2.75) is 24.5 Å². The summed E-state index contributed by atoms with van der Waals surface area (Å²) in [4.78, 5) is 26.7. The fraction of sp³-hybridized carbons (Fsp3) is 0.300. The Hall–Kier alpha value is -2.70. The first kappa shape index (κ1) is 16.8. The molecule has 0 N–H and O–H groups in total. The number of carbonyl (C=O) groups is 2. The highest BCUT2D eigenvalue weighted by Crippen LogP contribution is 2.43. The van der Waals surface area contributed by atoms with Gasteiger partial charge in [0.1, 0.15) is 0 Å². The van der Waals surface area contributed by atoms with Crippen molar-refractivity contribution in [3.8, 4) is 0 Å². The van der Waals surface area contributed by atoms with E-state index in [1.165, 1.54) is 7.11 Å². The topological polar surface area (TPSA) is 65.1 Å². The maximum atomic E-state index is 12.9. The molecule has 2 aliphatic rings. The minimum atomic E-state index is -1.17. The fourth-order valence-corrected chi connectivity index (χ4v) is 3.47. The van der Waals surface area contributed by atoms with E-state index in [2.05, 4.69) is 0 Å². The Labute approximate surface area is 151 Å². The SMILES string of the molecule is COC(=O)[C@@H]1O[C@]2(c3ccccc3)CN(Cc3ccccc3)C(=O)[C@H]1O2. The zero-order chi connectivity index (χ0) is 18.1. The third-order valence-corrected chi connectivity index (χ3v) is 4.73. The average molecular weight is 353 g/mol. The largest absolute Gasteiger partial charge is 0.467 e. The second-order valence-corrected chi connectivity index (χ2v) is 6.40. The number of esters is 1. The van der Waals surface area contributed by atoms with Gasteiger partial charge in [-0.15, -0.1) is 0 Å². The van der Waals surface area contributed by atoms with E-state index >= 15 is 0 Å². The van der Waals surface area contributed by atoms with Crippen LogP contribution in [0.1, 0.15) is 11.1 Å². The van der Waals surface area contributed by atoms with Crippen LogP contribution in [0.4, 0.5) is 0 Å². The lowest BCUT2D eigenvalue weighted by Gasteiger charge is -2.38. The summed E-state index contributed by atoms with van der Waals surface area (Å²) in [6.07, 6.45) is -2.09. The van der Waals surface area contributed by atoms with Gasteiger partial charge in [-0.2, -0.15) is 0 Å². The minimum Gasteiger partial charge on any atom is -0.467 e. The molecule has 0 radical (unpaired) electrons. The van der Waals surface area contributed by atoms with E-state index in [0.717, 1.165) is 11.1 Å². The number of fused-ring (bicyclic) bond motifs is 2. The van der Waals surface area contributed by atoms with Gasteiger partial charge < -0.3 is 19.1 Å². The third kappa shape index (κ3) is 2.77. The van der Waals surface area contributed by atoms with Gasteiger partial charge in [0.25, 0.3) is 5.91 Å². The second-order valence-electron chi connectivity index (χ2n) is 6.40. The van der Waals surface area contributed by atoms with E-state index in [0.29, 0.717) is 6.54 Å². The summed E-state index contributed by atoms with van der Waals surface area (Å²) in [5, 5.41) is 0. The lowest BCUT2D eigenvalue weighted by molar-refractivity contribution is -0.220. The van der Waals surface area contributed by atoms with E-state index in [1.54, 1.807) is 4.90 Å². The molecule has 134 valence electrons. The number of nitrogens with zero attached hydrogens (tertiary/aromatic N) is 1. The highest BCUT2D eigenvalue weighted by atomic mass is 16.8. The molecular weight excluding hydrogens is 334 g/mol. The monoisotopic (exact) mass is 353 g/mol. The second kappa shape index (κ2) is 6.55. The van der Waals surface area contributed by atoms with Crippen molar-refractivity contribution in [2.24, 2.45) is 0 Å². The number of benzene rings is 2. The Morgan fingerprint density at radius 3 is 2.42 bits per heavy atom. The molecule has 3 atom stereocenters. The summed E-state index contributed by atoms with van der Waals surface area (Å²) in [5.41, 5.74) is 1.77. The van der Waals surface area contributed by atoms with Gasteiger partial charge in [-0.05, 0) is 5.56 Å². The summed E-state index contributed by atoms with van der Waals surface area (Å²) in [5.74, 6) is -2.05. The summed E-state index contributed by atoms with van der Waals surface area (Å²) in [7, 11) is 1.27. The van der Waals surface area contributed by atoms with Gasteiger partial charge in [0.2, 0.25) is 5.79 Å². The zero-order valence-electron chi connectivity index (χ0n) is 14.3. The molecule has 0 unspecified atom stereocenters. The number of rotatable bonds is 4. The van der Waals surface area contributed by atoms with Crippen LogP contribution in [-0.2, 0) is 36.1 Å². The van der Waals surface area contributed by atoms with Gasteiger partial charge >= 0.3 is 5.97 Å². The van der Waals surface area contributed by atoms with Gasteiger partial charge in [-0.1, -0.05) is 60.7 Å². The molecule has 2 fully saturated rings. The number of hydrogen-bond donors (Lipinski definition) is 0. The first-order valence-electron chi connectivity index (χ1n) is 8.45. The van der Waals surface area contributed by atoms with E-state index in [1.807, 2.05) is 60.7 Å². The molecule has 2 heterocycles. The number of methoxy groups -OCH3 is 1. The van der Waals surface area contributed by atoms with Crippen molar-refractivity contribution in [1.29, 1.82) is 0 Å². The number of carbonyl (C=O) groups excluding carboxylic acids is 2. The number of hydrogen-bond acceptors (Lipinski definition) is 5. The third-order valence-electron chi connectivity index (χ3n) is 4.73. The van der Waals surface area contributed by atoms with Crippen LogP contribution in [0.25, 0.3) is 0 Å². The lowest BCUT2D eigenvalue weighted by atomic mass is 10.0. The molecule has 2 bridgehead atoms. The fourth-order valence-electron chi connectivity index (χ4n) is 3.47. The summed E-state index contributed by atoms with van der Waals surface area (Å²) >= 11 is 0. The number of amides is 1. The predicted molar refractivity (Wildman–Crippen MR) is 91.7 cm³/mol. The Bertz CT molecular complexity index is 809. The van der Waals surface area contributed by atoms with Crippen molar-refractivity contribution in [3.05, 3.63) is 71.8 Å². The molecule has 0 aromatic heterocycles. The van der Waals surface area contributed by atoms with Gasteiger partial charge in [-0.25, -0.2) is 4.79 Å². The Morgan fingerprint density at radius 1 is 1.12 bits per heavy atom. The van der Waals surface area contributed by atoms with Crippen molar-refractivity contribution in [2.75, 3.05) is 13.7 Å². The molecule has 1 amide bonds. The molecule has 26 heavy (non-hydrogen) atoms. The van der Waals surface area contributed by atoms with Gasteiger partial charge in [-0.3, -0.25) is 4.79 Å². The Kier molecular flexibility index (Phi) is 4.22. The lowest BCUT2D eigenvalue weighted by Crippen LogP contribution is -2.53. The van der Waals surface area contributed by atoms with Crippen molar-refractivity contribution in [3.63, 3.8) is 0 Å². The Morgan fingerprint density at radius 2 is 1.77 bits per heavy atom. The van der Waals surface area contributed by atoms with E-state index in [4.69, 9.17) is 14.2 Å². The minimum absolute atomic E-state index is 0.203. The maximum absolute atomic E-state index is 12.9. The van der Waals surface area contributed by atoms with Crippen molar-refractivity contribution >= 4 is 11.9 Å². The molecule has 0 aliphatic carbocycles. The highest BCUT2D eigenvalue weighted by molar-refractivity contribution is 5.90. The van der Waals surface area contributed by atoms with Crippen LogP contribution in [0.3, 0.4) is 0 Å². The van der Waals surface area contributed by atoms with Gasteiger partial charge in [0, 0.05) is 12.1 Å². The quantitative estimate of drug-likeness (QED) is 0.785. The predicted octanol–water partition coefficient (Wildman–Crippen LogP) is 1.84. The smallest absolute Gasteiger partial charge is 0.338 e. The van der Waals surface area contributed by atoms with Crippen molar-refractivity contribution in [1.82, 2.24) is 4.90 Å². The molecule has 0 saturated carbocycles. The van der Waals surface area contributed by atoms with E-state index in [-0.39, 0.29) is 12.5 Å². The summed E-state index contributed by atoms with van der Waals surface area (Å²) < 4.78 is 16.8. The average Bonchev–Trinajstić information content (AvgIpc) is 3.03. The molecule has 2 aromatic carbocycles. The van der Waals surface area contributed by atoms with Crippen LogP contribution in [0.15, 0.2) is 60.7 Å².